The lowest BCUT2D eigenvalue weighted by Gasteiger charge is -2.36. The third-order valence-corrected chi connectivity index (χ3v) is 7.10. The Kier molecular flexibility index (Phi) is 12.0. The number of anilines is 2. The first-order valence-electron chi connectivity index (χ1n) is 12.7. The van der Waals surface area contributed by atoms with Crippen molar-refractivity contribution in [2.75, 3.05) is 42.9 Å². The van der Waals surface area contributed by atoms with E-state index in [4.69, 9.17) is 0 Å². The number of sulfone groups is 1. The van der Waals surface area contributed by atoms with Gasteiger partial charge in [-0.3, -0.25) is 9.59 Å². The number of carbonyl (C=O) groups is 2. The molecule has 2 heterocycles. The predicted molar refractivity (Wildman–Crippen MR) is 155 cm³/mol. The normalized spacial score (nSPS) is 17.9. The molecule has 3 rings (SSSR count). The predicted octanol–water partition coefficient (Wildman–Crippen LogP) is 1.26. The van der Waals surface area contributed by atoms with Gasteiger partial charge in [-0.1, -0.05) is 37.3 Å². The summed E-state index contributed by atoms with van der Waals surface area (Å²) in [5.74, 6) is -0.439. The molecule has 1 saturated heterocycles. The first-order valence-corrected chi connectivity index (χ1v) is 14.7. The number of aromatic nitrogens is 1. The molecule has 2 amide bonds. The van der Waals surface area contributed by atoms with Crippen molar-refractivity contribution in [2.24, 2.45) is 0 Å². The average molecular weight is 583 g/mol. The molecule has 5 N–H and O–H groups in total. The van der Waals surface area contributed by atoms with Gasteiger partial charge >= 0.3 is 0 Å². The van der Waals surface area contributed by atoms with Crippen molar-refractivity contribution in [1.82, 2.24) is 20.5 Å². The van der Waals surface area contributed by atoms with E-state index in [2.05, 4.69) is 26.3 Å². The molecule has 2 aromatic rings. The molecule has 1 aliphatic rings. The van der Waals surface area contributed by atoms with Crippen LogP contribution in [-0.2, 0) is 21.1 Å². The van der Waals surface area contributed by atoms with Gasteiger partial charge in [0.25, 0.3) is 5.91 Å². The number of hydrogen-bond acceptors (Lipinski definition) is 9. The highest BCUT2D eigenvalue weighted by atomic mass is 35.5. The maximum Gasteiger partial charge on any atom is 0.251 e. The van der Waals surface area contributed by atoms with Crippen LogP contribution in [0.15, 0.2) is 42.5 Å². The van der Waals surface area contributed by atoms with Crippen LogP contribution in [0.25, 0.3) is 0 Å². The number of hydrogen-bond donors (Lipinski definition) is 5. The largest absolute Gasteiger partial charge is 0.389 e. The SMILES string of the molecule is CCC(C)Nc1cc(C(=O)N[C@@H](Cc2ccccc2)[C@H](O)C2NCCN(C)C2=O)cc(NCS(C)(=O)=O)n1.Cl. The maximum atomic E-state index is 13.5. The minimum Gasteiger partial charge on any atom is -0.389 e. The van der Waals surface area contributed by atoms with Gasteiger partial charge in [0.15, 0.2) is 9.84 Å². The Hall–Kier alpha value is -2.93. The molecule has 0 aliphatic carbocycles. The molecule has 1 aliphatic heterocycles. The smallest absolute Gasteiger partial charge is 0.251 e. The molecule has 1 fully saturated rings. The van der Waals surface area contributed by atoms with E-state index in [9.17, 15) is 23.1 Å². The fraction of sp³-hybridized carbons (Fsp3) is 0.500. The monoisotopic (exact) mass is 582 g/mol. The quantitative estimate of drug-likeness (QED) is 0.249. The van der Waals surface area contributed by atoms with Gasteiger partial charge in [-0.25, -0.2) is 13.4 Å². The highest BCUT2D eigenvalue weighted by Crippen LogP contribution is 2.18. The Balaban J connectivity index is 0.00000533. The number of benzene rings is 1. The zero-order valence-corrected chi connectivity index (χ0v) is 24.3. The van der Waals surface area contributed by atoms with Gasteiger partial charge in [-0.15, -0.1) is 12.4 Å². The van der Waals surface area contributed by atoms with E-state index in [1.807, 2.05) is 44.2 Å². The lowest BCUT2D eigenvalue weighted by atomic mass is 9.94. The highest BCUT2D eigenvalue weighted by molar-refractivity contribution is 7.90. The van der Waals surface area contributed by atoms with Crippen LogP contribution in [0.1, 0.15) is 36.2 Å². The van der Waals surface area contributed by atoms with Crippen molar-refractivity contribution in [3.63, 3.8) is 0 Å². The molecule has 11 nitrogen and oxygen atoms in total. The summed E-state index contributed by atoms with van der Waals surface area (Å²) in [5.41, 5.74) is 1.12. The molecular formula is C26H39ClN6O5S. The van der Waals surface area contributed by atoms with Crippen LogP contribution in [0.4, 0.5) is 11.6 Å². The number of aliphatic hydroxyl groups is 1. The van der Waals surface area contributed by atoms with Gasteiger partial charge in [0.05, 0.1) is 12.1 Å². The van der Waals surface area contributed by atoms with Gasteiger partial charge in [0.1, 0.15) is 23.6 Å². The molecule has 1 aromatic heterocycles. The van der Waals surface area contributed by atoms with Crippen LogP contribution in [0, 0.1) is 0 Å². The third kappa shape index (κ3) is 9.64. The van der Waals surface area contributed by atoms with Crippen LogP contribution >= 0.6 is 12.4 Å². The number of carbonyl (C=O) groups excluding carboxylic acids is 2. The van der Waals surface area contributed by atoms with Gasteiger partial charge in [0.2, 0.25) is 5.91 Å². The van der Waals surface area contributed by atoms with E-state index in [1.54, 1.807) is 18.0 Å². The molecule has 39 heavy (non-hydrogen) atoms. The number of rotatable bonds is 12. The van der Waals surface area contributed by atoms with Crippen molar-refractivity contribution in [2.45, 2.75) is 50.9 Å². The minimum atomic E-state index is -3.33. The van der Waals surface area contributed by atoms with Gasteiger partial charge in [-0.2, -0.15) is 0 Å². The molecule has 13 heteroatoms. The van der Waals surface area contributed by atoms with E-state index < -0.39 is 33.9 Å². The Morgan fingerprint density at radius 2 is 1.90 bits per heavy atom. The van der Waals surface area contributed by atoms with Crippen molar-refractivity contribution >= 4 is 45.7 Å². The number of halogens is 1. The number of aliphatic hydroxyl groups excluding tert-OH is 1. The van der Waals surface area contributed by atoms with Crippen molar-refractivity contribution in [3.05, 3.63) is 53.6 Å². The number of likely N-dealkylation sites (N-methyl/N-ethyl adjacent to an activating group) is 1. The maximum absolute atomic E-state index is 13.5. The van der Waals surface area contributed by atoms with Crippen LogP contribution in [0.3, 0.4) is 0 Å². The van der Waals surface area contributed by atoms with E-state index in [1.165, 1.54) is 6.07 Å². The molecule has 0 spiro atoms. The van der Waals surface area contributed by atoms with Crippen molar-refractivity contribution in [1.29, 1.82) is 0 Å². The number of piperazine rings is 1. The van der Waals surface area contributed by atoms with Gasteiger partial charge in [-0.05, 0) is 37.5 Å². The summed E-state index contributed by atoms with van der Waals surface area (Å²) >= 11 is 0. The molecule has 0 saturated carbocycles. The summed E-state index contributed by atoms with van der Waals surface area (Å²) in [4.78, 5) is 32.2. The Bertz CT molecular complexity index is 1220. The summed E-state index contributed by atoms with van der Waals surface area (Å²) in [6.07, 6.45) is 1.01. The highest BCUT2D eigenvalue weighted by Gasteiger charge is 2.37. The van der Waals surface area contributed by atoms with E-state index >= 15 is 0 Å². The summed E-state index contributed by atoms with van der Waals surface area (Å²) in [6.45, 7) is 5.03. The second-order valence-electron chi connectivity index (χ2n) is 9.78. The molecule has 216 valence electrons. The number of pyridine rings is 1. The number of nitrogens with zero attached hydrogens (tertiary/aromatic N) is 2. The standard InChI is InChI=1S/C26H38N6O5S.ClH/c1-5-17(2)29-22-15-19(14-21(31-22)28-16-38(4,36)37)25(34)30-20(13-18-9-7-6-8-10-18)24(33)23-26(35)32(3)12-11-27-23;/h6-10,14-15,17,20,23-24,27,33H,5,11-13,16H2,1-4H3,(H,30,34)(H2,28,29,31);1H/t17?,20-,23?,24-;/m0./s1. The molecule has 0 radical (unpaired) electrons. The molecule has 1 aromatic carbocycles. The van der Waals surface area contributed by atoms with E-state index in [0.717, 1.165) is 18.2 Å². The lowest BCUT2D eigenvalue weighted by molar-refractivity contribution is -0.138. The second kappa shape index (κ2) is 14.5. The fourth-order valence-electron chi connectivity index (χ4n) is 4.08. The number of nitrogens with one attached hydrogen (secondary N) is 4. The Morgan fingerprint density at radius 3 is 2.54 bits per heavy atom. The van der Waals surface area contributed by atoms with Gasteiger partial charge in [0, 0.05) is 38.0 Å². The van der Waals surface area contributed by atoms with Crippen molar-refractivity contribution in [3.8, 4) is 0 Å². The van der Waals surface area contributed by atoms with Crippen LogP contribution in [-0.4, -0.2) is 91.7 Å². The number of amides is 2. The first kappa shape index (κ1) is 32.3. The summed E-state index contributed by atoms with van der Waals surface area (Å²) < 4.78 is 23.4. The molecule has 4 atom stereocenters. The Labute approximate surface area is 236 Å². The van der Waals surface area contributed by atoms with Crippen molar-refractivity contribution < 1.29 is 23.1 Å². The zero-order chi connectivity index (χ0) is 27.9. The Morgan fingerprint density at radius 1 is 1.23 bits per heavy atom. The topological polar surface area (TPSA) is 153 Å². The second-order valence-corrected chi connectivity index (χ2v) is 11.9. The van der Waals surface area contributed by atoms with Crippen LogP contribution in [0.5, 0.6) is 0 Å². The molecule has 0 bridgehead atoms. The molecular weight excluding hydrogens is 544 g/mol. The average Bonchev–Trinajstić information content (AvgIpc) is 2.88. The van der Waals surface area contributed by atoms with Gasteiger partial charge < -0.3 is 31.3 Å². The van der Waals surface area contributed by atoms with Crippen LogP contribution in [0.2, 0.25) is 0 Å². The summed E-state index contributed by atoms with van der Waals surface area (Å²) in [7, 11) is -1.65. The van der Waals surface area contributed by atoms with E-state index in [0.29, 0.717) is 25.3 Å². The fourth-order valence-corrected chi connectivity index (χ4v) is 4.49. The summed E-state index contributed by atoms with van der Waals surface area (Å²) in [5, 5.41) is 23.2. The van der Waals surface area contributed by atoms with E-state index in [-0.39, 0.29) is 41.6 Å². The molecule has 2 unspecified atom stereocenters. The first-order chi connectivity index (χ1) is 18.0. The minimum absolute atomic E-state index is 0. The van der Waals surface area contributed by atoms with Crippen LogP contribution < -0.4 is 21.3 Å². The zero-order valence-electron chi connectivity index (χ0n) is 22.7. The lowest BCUT2D eigenvalue weighted by Crippen LogP contribution is -2.63. The third-order valence-electron chi connectivity index (χ3n) is 6.43. The summed E-state index contributed by atoms with van der Waals surface area (Å²) in [6, 6.07) is 10.9.